The lowest BCUT2D eigenvalue weighted by Gasteiger charge is -2.12. The van der Waals surface area contributed by atoms with Gasteiger partial charge in [-0.2, -0.15) is 5.26 Å². The van der Waals surface area contributed by atoms with Crippen LogP contribution in [-0.4, -0.2) is 27.6 Å². The van der Waals surface area contributed by atoms with E-state index < -0.39 is 16.1 Å². The minimum Gasteiger partial charge on any atom is -0.478 e. The van der Waals surface area contributed by atoms with Gasteiger partial charge in [0.1, 0.15) is 11.8 Å². The van der Waals surface area contributed by atoms with Gasteiger partial charge >= 0.3 is 0 Å². The fourth-order valence-corrected chi connectivity index (χ4v) is 3.35. The summed E-state index contributed by atoms with van der Waals surface area (Å²) in [5.74, 6) is -0.0188. The molecule has 0 spiro atoms. The number of thioether (sulfide) groups is 1. The van der Waals surface area contributed by atoms with E-state index in [0.29, 0.717) is 16.9 Å². The van der Waals surface area contributed by atoms with Crippen molar-refractivity contribution in [1.82, 2.24) is 4.90 Å². The minimum atomic E-state index is -0.515. The van der Waals surface area contributed by atoms with Gasteiger partial charge in [-0.3, -0.25) is 24.6 Å². The molecule has 0 unspecified atom stereocenters. The number of carbonyl (C=O) groups is 2. The van der Waals surface area contributed by atoms with Gasteiger partial charge in [0.25, 0.3) is 16.8 Å². The molecule has 2 aromatic carbocycles. The molecular formula is C19H13N3O5S. The van der Waals surface area contributed by atoms with E-state index in [1.807, 2.05) is 6.07 Å². The van der Waals surface area contributed by atoms with Gasteiger partial charge in [-0.15, -0.1) is 0 Å². The molecule has 3 rings (SSSR count). The molecule has 1 aliphatic heterocycles. The number of non-ortho nitro benzene ring substituents is 1. The standard InChI is InChI=1S/C19H13N3O5S/c20-9-10-27-16-4-2-1-3-14(16)11-17-18(23)21(19(24)28-17)12-13-5-7-15(8-6-13)22(25)26/h1-8,11H,10,12H2/b17-11-. The predicted molar refractivity (Wildman–Crippen MR) is 102 cm³/mol. The van der Waals surface area contributed by atoms with Crippen molar-refractivity contribution in [2.45, 2.75) is 6.54 Å². The van der Waals surface area contributed by atoms with Crippen molar-refractivity contribution in [3.05, 3.63) is 74.7 Å². The summed E-state index contributed by atoms with van der Waals surface area (Å²) in [6, 6.07) is 14.4. The third-order valence-electron chi connectivity index (χ3n) is 3.86. The van der Waals surface area contributed by atoms with Crippen LogP contribution in [0.15, 0.2) is 53.4 Å². The molecule has 2 amide bonds. The first-order chi connectivity index (χ1) is 13.5. The van der Waals surface area contributed by atoms with Gasteiger partial charge in [-0.05, 0) is 29.5 Å². The first kappa shape index (κ1) is 19.1. The third kappa shape index (κ3) is 4.19. The summed E-state index contributed by atoms with van der Waals surface area (Å²) in [5, 5.41) is 19.0. The van der Waals surface area contributed by atoms with Crippen molar-refractivity contribution in [3.8, 4) is 11.8 Å². The highest BCUT2D eigenvalue weighted by atomic mass is 32.2. The fraction of sp³-hybridized carbons (Fsp3) is 0.105. The Morgan fingerprint density at radius 1 is 1.18 bits per heavy atom. The van der Waals surface area contributed by atoms with Crippen LogP contribution in [0.2, 0.25) is 0 Å². The number of imide groups is 1. The summed E-state index contributed by atoms with van der Waals surface area (Å²) in [6.07, 6.45) is 1.55. The number of nitro benzene ring substituents is 1. The first-order valence-corrected chi connectivity index (χ1v) is 8.88. The molecule has 0 atom stereocenters. The lowest BCUT2D eigenvalue weighted by atomic mass is 10.1. The second-order valence-electron chi connectivity index (χ2n) is 5.68. The van der Waals surface area contributed by atoms with Crippen molar-refractivity contribution in [2.24, 2.45) is 0 Å². The van der Waals surface area contributed by atoms with Gasteiger partial charge in [-0.1, -0.05) is 30.3 Å². The summed E-state index contributed by atoms with van der Waals surface area (Å²) in [5.41, 5.74) is 1.12. The van der Waals surface area contributed by atoms with Gasteiger partial charge in [0, 0.05) is 17.7 Å². The normalized spacial score (nSPS) is 15.0. The zero-order valence-corrected chi connectivity index (χ0v) is 15.2. The van der Waals surface area contributed by atoms with Crippen molar-refractivity contribution in [1.29, 1.82) is 5.26 Å². The van der Waals surface area contributed by atoms with E-state index in [0.717, 1.165) is 16.7 Å². The fourth-order valence-electron chi connectivity index (χ4n) is 2.52. The summed E-state index contributed by atoms with van der Waals surface area (Å²) < 4.78 is 5.33. The maximum Gasteiger partial charge on any atom is 0.293 e. The van der Waals surface area contributed by atoms with Crippen molar-refractivity contribution in [3.63, 3.8) is 0 Å². The molecule has 1 aliphatic rings. The molecule has 8 nitrogen and oxygen atoms in total. The summed E-state index contributed by atoms with van der Waals surface area (Å²) >= 11 is 0.806. The van der Waals surface area contributed by atoms with Crippen molar-refractivity contribution in [2.75, 3.05) is 6.61 Å². The molecule has 0 bridgehead atoms. The number of carbonyl (C=O) groups excluding carboxylic acids is 2. The molecule has 0 aliphatic carbocycles. The van der Waals surface area contributed by atoms with Crippen LogP contribution in [0, 0.1) is 21.4 Å². The Kier molecular flexibility index (Phi) is 5.72. The van der Waals surface area contributed by atoms with Crippen LogP contribution in [0.4, 0.5) is 10.5 Å². The Hall–Kier alpha value is -3.64. The van der Waals surface area contributed by atoms with Crippen LogP contribution in [0.3, 0.4) is 0 Å². The Morgan fingerprint density at radius 3 is 2.57 bits per heavy atom. The number of nitriles is 1. The molecule has 9 heteroatoms. The highest BCUT2D eigenvalue weighted by molar-refractivity contribution is 8.18. The number of hydrogen-bond acceptors (Lipinski definition) is 7. The maximum absolute atomic E-state index is 12.6. The van der Waals surface area contributed by atoms with Gasteiger partial charge in [0.15, 0.2) is 6.61 Å². The van der Waals surface area contributed by atoms with E-state index in [4.69, 9.17) is 10.00 Å². The molecule has 0 N–H and O–H groups in total. The minimum absolute atomic E-state index is 0.0204. The van der Waals surface area contributed by atoms with E-state index in [-0.39, 0.29) is 23.7 Å². The van der Waals surface area contributed by atoms with E-state index >= 15 is 0 Å². The van der Waals surface area contributed by atoms with Crippen LogP contribution in [0.5, 0.6) is 5.75 Å². The quantitative estimate of drug-likeness (QED) is 0.416. The highest BCUT2D eigenvalue weighted by Crippen LogP contribution is 2.35. The van der Waals surface area contributed by atoms with E-state index in [1.165, 1.54) is 24.3 Å². The van der Waals surface area contributed by atoms with Crippen molar-refractivity contribution < 1.29 is 19.2 Å². The number of rotatable bonds is 6. The zero-order valence-electron chi connectivity index (χ0n) is 14.4. The number of ether oxygens (including phenoxy) is 1. The Bertz CT molecular complexity index is 1010. The maximum atomic E-state index is 12.6. The second kappa shape index (κ2) is 8.37. The van der Waals surface area contributed by atoms with Gasteiger partial charge < -0.3 is 4.74 Å². The zero-order chi connectivity index (χ0) is 20.1. The van der Waals surface area contributed by atoms with Crippen LogP contribution in [-0.2, 0) is 11.3 Å². The van der Waals surface area contributed by atoms with Crippen LogP contribution in [0.25, 0.3) is 6.08 Å². The van der Waals surface area contributed by atoms with Crippen LogP contribution >= 0.6 is 11.8 Å². The summed E-state index contributed by atoms with van der Waals surface area (Å²) in [4.78, 5) is 36.4. The monoisotopic (exact) mass is 395 g/mol. The molecule has 28 heavy (non-hydrogen) atoms. The lowest BCUT2D eigenvalue weighted by molar-refractivity contribution is -0.384. The third-order valence-corrected chi connectivity index (χ3v) is 4.77. The number of hydrogen-bond donors (Lipinski definition) is 0. The number of para-hydroxylation sites is 1. The Labute approximate surface area is 164 Å². The second-order valence-corrected chi connectivity index (χ2v) is 6.67. The van der Waals surface area contributed by atoms with Gasteiger partial charge in [0.05, 0.1) is 16.4 Å². The van der Waals surface area contributed by atoms with Gasteiger partial charge in [0.2, 0.25) is 0 Å². The summed E-state index contributed by atoms with van der Waals surface area (Å²) in [7, 11) is 0. The molecule has 0 aromatic heterocycles. The predicted octanol–water partition coefficient (Wildman–Crippen LogP) is 3.73. The SMILES string of the molecule is N#CCOc1ccccc1/C=C1\SC(=O)N(Cc2ccc([N+](=O)[O-])cc2)C1=O. The topological polar surface area (TPSA) is 114 Å². The van der Waals surface area contributed by atoms with Gasteiger partial charge in [-0.25, -0.2) is 0 Å². The smallest absolute Gasteiger partial charge is 0.293 e. The molecule has 0 radical (unpaired) electrons. The number of nitrogens with zero attached hydrogens (tertiary/aromatic N) is 3. The molecular weight excluding hydrogens is 382 g/mol. The lowest BCUT2D eigenvalue weighted by Crippen LogP contribution is -2.27. The van der Waals surface area contributed by atoms with E-state index in [2.05, 4.69) is 0 Å². The molecule has 1 heterocycles. The molecule has 0 saturated carbocycles. The molecule has 1 fully saturated rings. The largest absolute Gasteiger partial charge is 0.478 e. The summed E-state index contributed by atoms with van der Waals surface area (Å²) in [6.45, 7) is -0.112. The van der Waals surface area contributed by atoms with Crippen LogP contribution < -0.4 is 4.74 Å². The highest BCUT2D eigenvalue weighted by Gasteiger charge is 2.35. The van der Waals surface area contributed by atoms with E-state index in [1.54, 1.807) is 30.3 Å². The Morgan fingerprint density at radius 2 is 1.89 bits per heavy atom. The molecule has 140 valence electrons. The molecule has 2 aromatic rings. The molecule has 1 saturated heterocycles. The number of nitro groups is 1. The number of benzene rings is 2. The van der Waals surface area contributed by atoms with Crippen LogP contribution in [0.1, 0.15) is 11.1 Å². The number of amides is 2. The van der Waals surface area contributed by atoms with Crippen molar-refractivity contribution >= 4 is 34.7 Å². The Balaban J connectivity index is 1.79. The average molecular weight is 395 g/mol. The first-order valence-electron chi connectivity index (χ1n) is 8.07. The van der Waals surface area contributed by atoms with E-state index in [9.17, 15) is 19.7 Å². The average Bonchev–Trinajstić information content (AvgIpc) is 2.95.